The summed E-state index contributed by atoms with van der Waals surface area (Å²) in [4.78, 5) is 60.0. The number of nitrogens with one attached hydrogen (secondary N) is 3. The Morgan fingerprint density at radius 3 is 2.60 bits per heavy atom. The average Bonchev–Trinajstić information content (AvgIpc) is 3.99. The number of benzene rings is 1. The molecule has 4 N–H and O–H groups in total. The Bertz CT molecular complexity index is 1940. The van der Waals surface area contributed by atoms with Gasteiger partial charge in [-0.1, -0.05) is 26.0 Å². The lowest BCUT2D eigenvalue weighted by Crippen LogP contribution is -2.59. The van der Waals surface area contributed by atoms with E-state index in [1.165, 1.54) is 23.2 Å². The number of hydrogen-bond acceptors (Lipinski definition) is 9. The van der Waals surface area contributed by atoms with Gasteiger partial charge in [-0.3, -0.25) is 19.1 Å². The fraction of sp³-hybridized carbons (Fsp3) is 0.595. The molecule has 4 fully saturated rings. The van der Waals surface area contributed by atoms with E-state index in [1.807, 2.05) is 19.1 Å². The van der Waals surface area contributed by atoms with Gasteiger partial charge in [-0.15, -0.1) is 0 Å². The van der Waals surface area contributed by atoms with Gasteiger partial charge >= 0.3 is 6.09 Å². The van der Waals surface area contributed by atoms with Crippen LogP contribution in [-0.4, -0.2) is 89.4 Å². The van der Waals surface area contributed by atoms with Gasteiger partial charge < -0.3 is 30.1 Å². The Labute approximate surface area is 307 Å². The summed E-state index contributed by atoms with van der Waals surface area (Å²) in [5, 5.41) is 15.2. The van der Waals surface area contributed by atoms with Crippen LogP contribution < -0.4 is 24.8 Å². The maximum absolute atomic E-state index is 14.6. The van der Waals surface area contributed by atoms with Gasteiger partial charge in [-0.05, 0) is 87.3 Å². The van der Waals surface area contributed by atoms with Crippen molar-refractivity contribution in [2.75, 3.05) is 13.2 Å². The Kier molecular flexibility index (Phi) is 10.0. The summed E-state index contributed by atoms with van der Waals surface area (Å²) in [6.07, 6.45) is 8.00. The molecule has 1 aromatic carbocycles. The first-order chi connectivity index (χ1) is 25.2. The van der Waals surface area contributed by atoms with Gasteiger partial charge in [-0.2, -0.15) is 0 Å². The SMILES string of the molecule is C[C@@H]1CC/C=C\[C@@H]2C[C@@]2(C(=O)NS(=O)(=O)C2CC2)NC(=O)[C@@H]2C[C@@H](Oc3ncc(OCC4CC4)c4ccc(F)cc34)CN2C(=O)[C@@H](NC(=O)O)[C@H](C)C1. The smallest absolute Gasteiger partial charge is 0.405 e. The quantitative estimate of drug-likeness (QED) is 0.275. The van der Waals surface area contributed by atoms with Crippen LogP contribution in [0.15, 0.2) is 36.5 Å². The van der Waals surface area contributed by atoms with Crippen LogP contribution in [0.1, 0.15) is 71.6 Å². The molecule has 7 atom stereocenters. The lowest BCUT2D eigenvalue weighted by atomic mass is 9.88. The molecule has 3 saturated carbocycles. The summed E-state index contributed by atoms with van der Waals surface area (Å²) in [5.74, 6) is -2.53. The number of carbonyl (C=O) groups excluding carboxylic acids is 3. The number of hydrogen-bond donors (Lipinski definition) is 4. The number of halogens is 1. The van der Waals surface area contributed by atoms with Crippen LogP contribution in [0.25, 0.3) is 10.8 Å². The second-order valence-electron chi connectivity index (χ2n) is 15.6. The molecule has 5 aliphatic rings. The Morgan fingerprint density at radius 1 is 1.11 bits per heavy atom. The third-order valence-corrected chi connectivity index (χ3v) is 12.9. The van der Waals surface area contributed by atoms with Gasteiger partial charge in [0.15, 0.2) is 0 Å². The highest BCUT2D eigenvalue weighted by Gasteiger charge is 2.62. The summed E-state index contributed by atoms with van der Waals surface area (Å²) in [6, 6.07) is 1.75. The van der Waals surface area contributed by atoms with Crippen molar-refractivity contribution in [2.24, 2.45) is 23.7 Å². The molecule has 53 heavy (non-hydrogen) atoms. The number of fused-ring (bicyclic) bond motifs is 3. The maximum Gasteiger partial charge on any atom is 0.405 e. The first-order valence-electron chi connectivity index (χ1n) is 18.5. The van der Waals surface area contributed by atoms with Gasteiger partial charge in [0.2, 0.25) is 27.7 Å². The second-order valence-corrected chi connectivity index (χ2v) is 17.5. The van der Waals surface area contributed by atoms with Crippen molar-refractivity contribution in [3.05, 3.63) is 42.4 Å². The number of aromatic nitrogens is 1. The monoisotopic (exact) mass is 755 g/mol. The first-order valence-corrected chi connectivity index (χ1v) is 20.0. The normalized spacial score (nSPS) is 31.3. The summed E-state index contributed by atoms with van der Waals surface area (Å²) < 4.78 is 54.7. The summed E-state index contributed by atoms with van der Waals surface area (Å²) >= 11 is 0. The van der Waals surface area contributed by atoms with Gasteiger partial charge in [-0.25, -0.2) is 22.6 Å². The van der Waals surface area contributed by atoms with Crippen LogP contribution in [0.4, 0.5) is 9.18 Å². The highest BCUT2D eigenvalue weighted by atomic mass is 32.2. The molecular formula is C37H46FN5O9S. The standard InChI is InChI=1S/C37H46FN5O9S/c1-20-5-3-4-6-23-16-37(23,35(46)42-53(49,50)26-10-11-26)41-32(44)29-15-25(18-43(29)34(45)31(21(2)13-20)40-36(47)48)52-33-28-14-24(38)9-12-27(28)30(17-39-33)51-19-22-7-8-22/h4,6,9,12,14,17,20-23,25-26,29,31,40H,3,5,7-8,10-11,13,15-16,18-19H2,1-2H3,(H,41,44)(H,42,46)(H,47,48)/b6-4-/t20-,21-,23-,25-,29+,31+,37-/m1/s1. The third-order valence-electron chi connectivity index (χ3n) is 11.1. The molecule has 14 nitrogen and oxygen atoms in total. The van der Waals surface area contributed by atoms with Crippen molar-refractivity contribution in [3.63, 3.8) is 0 Å². The van der Waals surface area contributed by atoms with Gasteiger partial charge in [0.25, 0.3) is 5.91 Å². The van der Waals surface area contributed by atoms with E-state index in [-0.39, 0.29) is 31.2 Å². The molecule has 1 saturated heterocycles. The van der Waals surface area contributed by atoms with Crippen LogP contribution in [-0.2, 0) is 24.4 Å². The number of allylic oxidation sites excluding steroid dienone is 1. The van der Waals surface area contributed by atoms with E-state index in [2.05, 4.69) is 20.3 Å². The molecule has 0 unspecified atom stereocenters. The van der Waals surface area contributed by atoms with Crippen molar-refractivity contribution in [3.8, 4) is 11.6 Å². The van der Waals surface area contributed by atoms with Crippen LogP contribution in [0.5, 0.6) is 11.6 Å². The van der Waals surface area contributed by atoms with E-state index in [0.717, 1.165) is 19.3 Å². The predicted octanol–water partition coefficient (Wildman–Crippen LogP) is 3.64. The zero-order valence-corrected chi connectivity index (χ0v) is 30.6. The number of amides is 4. The van der Waals surface area contributed by atoms with Crippen LogP contribution in [0.2, 0.25) is 0 Å². The van der Waals surface area contributed by atoms with E-state index in [1.54, 1.807) is 13.0 Å². The zero-order valence-electron chi connectivity index (χ0n) is 29.8. The van der Waals surface area contributed by atoms with Crippen molar-refractivity contribution in [1.82, 2.24) is 25.2 Å². The van der Waals surface area contributed by atoms with Crippen LogP contribution in [0, 0.1) is 29.5 Å². The molecule has 0 radical (unpaired) electrons. The minimum Gasteiger partial charge on any atom is -0.491 e. The number of carbonyl (C=O) groups is 4. The predicted molar refractivity (Wildman–Crippen MR) is 190 cm³/mol. The number of pyridine rings is 1. The average molecular weight is 756 g/mol. The van der Waals surface area contributed by atoms with Gasteiger partial charge in [0.05, 0.1) is 30.0 Å². The lowest BCUT2D eigenvalue weighted by molar-refractivity contribution is -0.142. The molecular weight excluding hydrogens is 709 g/mol. The molecule has 2 aliphatic heterocycles. The highest BCUT2D eigenvalue weighted by Crippen LogP contribution is 2.46. The van der Waals surface area contributed by atoms with Crippen molar-refractivity contribution in [2.45, 2.75) is 101 Å². The molecule has 1 aromatic heterocycles. The molecule has 0 bridgehead atoms. The third kappa shape index (κ3) is 8.06. The number of carboxylic acid groups (broad SMARTS) is 1. The molecule has 3 aliphatic carbocycles. The lowest BCUT2D eigenvalue weighted by Gasteiger charge is -2.32. The number of rotatable bonds is 9. The summed E-state index contributed by atoms with van der Waals surface area (Å²) in [7, 11) is -3.93. The molecule has 0 spiro atoms. The molecule has 16 heteroatoms. The van der Waals surface area contributed by atoms with E-state index < -0.39 is 80.5 Å². The van der Waals surface area contributed by atoms with Crippen LogP contribution in [0.3, 0.4) is 0 Å². The van der Waals surface area contributed by atoms with E-state index >= 15 is 0 Å². The topological polar surface area (TPSA) is 193 Å². The molecule has 3 heterocycles. The number of nitrogens with zero attached hydrogens (tertiary/aromatic N) is 2. The van der Waals surface area contributed by atoms with Gasteiger partial charge in [0, 0.05) is 17.7 Å². The van der Waals surface area contributed by atoms with E-state index in [9.17, 15) is 37.1 Å². The minimum atomic E-state index is -3.93. The van der Waals surface area contributed by atoms with Crippen molar-refractivity contribution >= 4 is 44.6 Å². The Morgan fingerprint density at radius 2 is 1.89 bits per heavy atom. The molecule has 286 valence electrons. The zero-order chi connectivity index (χ0) is 37.7. The number of ether oxygens (including phenoxy) is 2. The molecule has 2 aromatic rings. The van der Waals surface area contributed by atoms with E-state index in [0.29, 0.717) is 54.7 Å². The fourth-order valence-corrected chi connectivity index (χ4v) is 9.02. The second kappa shape index (κ2) is 14.4. The highest BCUT2D eigenvalue weighted by molar-refractivity contribution is 7.91. The van der Waals surface area contributed by atoms with Gasteiger partial charge in [0.1, 0.15) is 35.3 Å². The summed E-state index contributed by atoms with van der Waals surface area (Å²) in [5.41, 5.74) is -1.56. The van der Waals surface area contributed by atoms with Crippen molar-refractivity contribution in [1.29, 1.82) is 0 Å². The fourth-order valence-electron chi connectivity index (χ4n) is 7.65. The Hall–Kier alpha value is -4.47. The Balaban J connectivity index is 1.20. The molecule has 4 amide bonds. The molecule has 7 rings (SSSR count). The minimum absolute atomic E-state index is 0.0646. The first kappa shape index (κ1) is 36.9. The summed E-state index contributed by atoms with van der Waals surface area (Å²) in [6.45, 7) is 4.16. The maximum atomic E-state index is 14.6. The van der Waals surface area contributed by atoms with Crippen molar-refractivity contribution < 1.29 is 46.6 Å². The van der Waals surface area contributed by atoms with Crippen LogP contribution >= 0.6 is 0 Å². The number of sulfonamides is 1. The largest absolute Gasteiger partial charge is 0.491 e. The van der Waals surface area contributed by atoms with E-state index in [4.69, 9.17) is 9.47 Å².